The summed E-state index contributed by atoms with van der Waals surface area (Å²) >= 11 is 0. The highest BCUT2D eigenvalue weighted by atomic mass is 16.4. The lowest BCUT2D eigenvalue weighted by atomic mass is 10.0. The summed E-state index contributed by atoms with van der Waals surface area (Å²) in [6.45, 7) is 3.99. The Labute approximate surface area is 206 Å². The number of benzene rings is 4. The molecule has 0 fully saturated rings. The summed E-state index contributed by atoms with van der Waals surface area (Å²) in [5.41, 5.74) is 5.14. The van der Waals surface area contributed by atoms with E-state index in [4.69, 9.17) is 9.98 Å². The Morgan fingerprint density at radius 1 is 0.556 bits per heavy atom. The second-order valence-corrected chi connectivity index (χ2v) is 8.73. The predicted molar refractivity (Wildman–Crippen MR) is 136 cm³/mol. The molecule has 0 amide bonds. The third kappa shape index (κ3) is 4.32. The molecule has 2 N–H and O–H groups in total. The average Bonchev–Trinajstić information content (AvgIpc) is 2.86. The number of rotatable bonds is 4. The van der Waals surface area contributed by atoms with Crippen LogP contribution in [0.1, 0.15) is 43.0 Å². The summed E-state index contributed by atoms with van der Waals surface area (Å²) in [4.78, 5) is 33.5. The number of aromatic carboxylic acids is 2. The molecule has 1 heterocycles. The lowest BCUT2D eigenvalue weighted by Crippen LogP contribution is -2.17. The molecule has 0 saturated carbocycles. The fourth-order valence-corrected chi connectivity index (χ4v) is 4.14. The van der Waals surface area contributed by atoms with Gasteiger partial charge in [0.05, 0.1) is 33.2 Å². The zero-order valence-corrected chi connectivity index (χ0v) is 19.7. The summed E-state index contributed by atoms with van der Waals surface area (Å²) < 4.78 is 0. The molecule has 4 aromatic carbocycles. The SMILES string of the molecule is Cc1ccc(C2=C(c3ccc(C)cc3)/N=c3/cc(C(=O)O)cc/c3=c3\ccc(C(=O)O)c\c3=N\2)cc1. The van der Waals surface area contributed by atoms with Gasteiger partial charge in [-0.1, -0.05) is 71.8 Å². The van der Waals surface area contributed by atoms with Crippen molar-refractivity contribution in [2.24, 2.45) is 9.98 Å². The van der Waals surface area contributed by atoms with Gasteiger partial charge < -0.3 is 10.2 Å². The fraction of sp³-hybridized carbons (Fsp3) is 0.0667. The number of carbonyl (C=O) groups is 2. The topological polar surface area (TPSA) is 99.3 Å². The minimum absolute atomic E-state index is 0.110. The highest BCUT2D eigenvalue weighted by Gasteiger charge is 2.15. The predicted octanol–water partition coefficient (Wildman–Crippen LogP) is 4.77. The minimum Gasteiger partial charge on any atom is -0.478 e. The first-order valence-corrected chi connectivity index (χ1v) is 11.4. The van der Waals surface area contributed by atoms with Crippen molar-refractivity contribution in [3.63, 3.8) is 0 Å². The number of nitrogens with zero attached hydrogens (tertiary/aromatic N) is 2. The number of carboxylic acid groups (broad SMARTS) is 2. The van der Waals surface area contributed by atoms with Crippen LogP contribution in [0.5, 0.6) is 0 Å². The second-order valence-electron chi connectivity index (χ2n) is 8.73. The Kier molecular flexibility index (Phi) is 5.78. The summed E-state index contributed by atoms with van der Waals surface area (Å²) in [7, 11) is 0. The van der Waals surface area contributed by atoms with Gasteiger partial charge in [-0.2, -0.15) is 0 Å². The minimum atomic E-state index is -1.05. The van der Waals surface area contributed by atoms with Crippen LogP contribution in [0.3, 0.4) is 0 Å². The third-order valence-corrected chi connectivity index (χ3v) is 6.12. The Hall–Kier alpha value is -4.84. The molecular formula is C30H22N2O4. The smallest absolute Gasteiger partial charge is 0.335 e. The second kappa shape index (κ2) is 9.07. The lowest BCUT2D eigenvalue weighted by molar-refractivity contribution is 0.0686. The van der Waals surface area contributed by atoms with E-state index in [1.54, 1.807) is 24.3 Å². The van der Waals surface area contributed by atoms with Gasteiger partial charge in [0, 0.05) is 21.6 Å². The zero-order chi connectivity index (χ0) is 25.4. The molecule has 0 radical (unpaired) electrons. The average molecular weight is 475 g/mol. The number of hydrogen-bond acceptors (Lipinski definition) is 4. The maximum Gasteiger partial charge on any atom is 0.335 e. The van der Waals surface area contributed by atoms with Crippen molar-refractivity contribution in [3.8, 4) is 0 Å². The normalized spacial score (nSPS) is 17.3. The van der Waals surface area contributed by atoms with Crippen LogP contribution in [-0.4, -0.2) is 22.2 Å². The van der Waals surface area contributed by atoms with Gasteiger partial charge in [0.25, 0.3) is 0 Å². The monoisotopic (exact) mass is 474 g/mol. The van der Waals surface area contributed by atoms with E-state index >= 15 is 0 Å². The van der Waals surface area contributed by atoms with E-state index in [-0.39, 0.29) is 11.1 Å². The summed E-state index contributed by atoms with van der Waals surface area (Å²) in [5.74, 6) is -2.11. The van der Waals surface area contributed by atoms with E-state index in [0.717, 1.165) is 22.3 Å². The highest BCUT2D eigenvalue weighted by molar-refractivity contribution is 5.91. The molecular weight excluding hydrogens is 452 g/mol. The van der Waals surface area contributed by atoms with Crippen LogP contribution in [0.15, 0.2) is 94.9 Å². The Morgan fingerprint density at radius 2 is 0.917 bits per heavy atom. The van der Waals surface area contributed by atoms with E-state index in [1.807, 2.05) is 62.4 Å². The molecule has 1 aliphatic rings. The number of carboxylic acids is 2. The van der Waals surface area contributed by atoms with Gasteiger partial charge in [-0.05, 0) is 38.1 Å². The van der Waals surface area contributed by atoms with Crippen LogP contribution >= 0.6 is 0 Å². The van der Waals surface area contributed by atoms with Crippen molar-refractivity contribution in [2.75, 3.05) is 0 Å². The largest absolute Gasteiger partial charge is 0.478 e. The maximum absolute atomic E-state index is 11.8. The van der Waals surface area contributed by atoms with Gasteiger partial charge >= 0.3 is 11.9 Å². The van der Waals surface area contributed by atoms with Gasteiger partial charge in [-0.25, -0.2) is 19.6 Å². The van der Waals surface area contributed by atoms with Crippen molar-refractivity contribution < 1.29 is 19.8 Å². The third-order valence-electron chi connectivity index (χ3n) is 6.12. The molecule has 6 heteroatoms. The van der Waals surface area contributed by atoms with Crippen molar-refractivity contribution >= 4 is 23.3 Å². The molecule has 0 aromatic heterocycles. The van der Waals surface area contributed by atoms with Crippen molar-refractivity contribution in [3.05, 3.63) is 139 Å². The molecule has 6 nitrogen and oxygen atoms in total. The van der Waals surface area contributed by atoms with Crippen LogP contribution in [0.4, 0.5) is 0 Å². The van der Waals surface area contributed by atoms with E-state index in [1.165, 1.54) is 12.1 Å². The maximum atomic E-state index is 11.8. The molecule has 0 spiro atoms. The lowest BCUT2D eigenvalue weighted by Gasteiger charge is -2.12. The Bertz CT molecular complexity index is 1650. The summed E-state index contributed by atoms with van der Waals surface area (Å²) in [6.07, 6.45) is 0. The quantitative estimate of drug-likeness (QED) is 0.445. The zero-order valence-electron chi connectivity index (χ0n) is 19.7. The van der Waals surface area contributed by atoms with Crippen LogP contribution in [-0.2, 0) is 0 Å². The molecule has 5 rings (SSSR count). The molecule has 0 saturated heterocycles. The van der Waals surface area contributed by atoms with Crippen LogP contribution < -0.4 is 10.7 Å². The summed E-state index contributed by atoms with van der Waals surface area (Å²) in [6, 6.07) is 25.2. The molecule has 1 aliphatic heterocycles. The van der Waals surface area contributed by atoms with Gasteiger partial charge in [-0.3, -0.25) is 0 Å². The van der Waals surface area contributed by atoms with Crippen molar-refractivity contribution in [1.29, 1.82) is 0 Å². The Morgan fingerprint density at radius 3 is 1.25 bits per heavy atom. The number of aryl methyl sites for hydroxylation is 2. The molecule has 0 bridgehead atoms. The molecule has 176 valence electrons. The molecule has 0 aliphatic carbocycles. The van der Waals surface area contributed by atoms with Gasteiger partial charge in [0.1, 0.15) is 0 Å². The van der Waals surface area contributed by atoms with Crippen molar-refractivity contribution in [2.45, 2.75) is 13.8 Å². The Balaban J connectivity index is 2.01. The fourth-order valence-electron chi connectivity index (χ4n) is 4.14. The van der Waals surface area contributed by atoms with Gasteiger partial charge in [0.2, 0.25) is 0 Å². The van der Waals surface area contributed by atoms with Gasteiger partial charge in [-0.15, -0.1) is 0 Å². The molecule has 36 heavy (non-hydrogen) atoms. The van der Waals surface area contributed by atoms with E-state index in [0.29, 0.717) is 32.5 Å². The van der Waals surface area contributed by atoms with E-state index in [2.05, 4.69) is 0 Å². The number of fused-ring (bicyclic) bond motifs is 2. The first-order valence-electron chi connectivity index (χ1n) is 11.4. The van der Waals surface area contributed by atoms with Crippen LogP contribution in [0.25, 0.3) is 11.4 Å². The molecule has 4 aromatic rings. The van der Waals surface area contributed by atoms with E-state index in [9.17, 15) is 19.8 Å². The molecule has 0 atom stereocenters. The highest BCUT2D eigenvalue weighted by Crippen LogP contribution is 2.29. The van der Waals surface area contributed by atoms with Crippen molar-refractivity contribution in [1.82, 2.24) is 0 Å². The molecule has 0 unspecified atom stereocenters. The standard InChI is InChI=1S/C30H22N2O4/c1-17-3-7-19(8-4-17)27-28(20-9-5-18(2)6-10-20)32-26-16-22(30(35)36)12-14-24(26)23-13-11-21(29(33)34)15-25(23)31-27/h3-16H,1-2H3,(H,33,34)(H,35,36)/b24-23-,28-27-,31-25-,31-27?,32-26-,32-28?. The summed E-state index contributed by atoms with van der Waals surface area (Å²) in [5, 5.41) is 21.5. The van der Waals surface area contributed by atoms with Gasteiger partial charge in [0.15, 0.2) is 0 Å². The first kappa shape index (κ1) is 22.9. The van der Waals surface area contributed by atoms with E-state index < -0.39 is 11.9 Å². The van der Waals surface area contributed by atoms with Crippen LogP contribution in [0.2, 0.25) is 0 Å². The first-order chi connectivity index (χ1) is 17.3. The van der Waals surface area contributed by atoms with Crippen LogP contribution in [0, 0.1) is 24.3 Å². The number of hydrogen-bond donors (Lipinski definition) is 2.